The lowest BCUT2D eigenvalue weighted by Crippen LogP contribution is -2.61. The Bertz CT molecular complexity index is 608. The molecule has 0 amide bonds. The number of aliphatic hydroxyl groups is 1. The van der Waals surface area contributed by atoms with Crippen molar-refractivity contribution in [3.63, 3.8) is 0 Å². The Kier molecular flexibility index (Phi) is 3.07. The largest absolute Gasteiger partial charge is 0.385 e. The van der Waals surface area contributed by atoms with E-state index in [0.717, 1.165) is 0 Å². The van der Waals surface area contributed by atoms with Crippen LogP contribution in [0.25, 0.3) is 0 Å². The van der Waals surface area contributed by atoms with Crippen LogP contribution in [0.2, 0.25) is 0 Å². The van der Waals surface area contributed by atoms with Gasteiger partial charge in [0.05, 0.1) is 29.0 Å². The van der Waals surface area contributed by atoms with Gasteiger partial charge in [0.1, 0.15) is 11.3 Å². The molecule has 0 aliphatic carbocycles. The van der Waals surface area contributed by atoms with Crippen LogP contribution >= 0.6 is 0 Å². The Morgan fingerprint density at radius 1 is 1.47 bits per heavy atom. The minimum Gasteiger partial charge on any atom is -0.385 e. The smallest absolute Gasteiger partial charge is 0.293 e. The molecule has 1 saturated heterocycles. The average Bonchev–Trinajstić information content (AvgIpc) is 2.35. The molecular formula is C12H10N4O3. The third-order valence-electron chi connectivity index (χ3n) is 3.02. The SMILES string of the molecule is N#CCC1(O)CN(c2ccc(C#N)cc2[N+](=O)[O-])C1. The third kappa shape index (κ3) is 2.32. The van der Waals surface area contributed by atoms with Gasteiger partial charge in [0.2, 0.25) is 0 Å². The van der Waals surface area contributed by atoms with Crippen LogP contribution in [0.5, 0.6) is 0 Å². The van der Waals surface area contributed by atoms with Gasteiger partial charge >= 0.3 is 0 Å². The number of nitriles is 2. The van der Waals surface area contributed by atoms with E-state index in [0.29, 0.717) is 5.69 Å². The first-order valence-electron chi connectivity index (χ1n) is 5.52. The normalized spacial score (nSPS) is 16.1. The van der Waals surface area contributed by atoms with Gasteiger partial charge < -0.3 is 10.0 Å². The number of nitro benzene ring substituents is 1. The van der Waals surface area contributed by atoms with Gasteiger partial charge in [-0.25, -0.2) is 0 Å². The quantitative estimate of drug-likeness (QED) is 0.637. The van der Waals surface area contributed by atoms with Gasteiger partial charge in [-0.3, -0.25) is 10.1 Å². The van der Waals surface area contributed by atoms with E-state index >= 15 is 0 Å². The van der Waals surface area contributed by atoms with Crippen molar-refractivity contribution in [1.82, 2.24) is 0 Å². The highest BCUT2D eigenvalue weighted by molar-refractivity contribution is 5.67. The molecule has 7 heteroatoms. The topological polar surface area (TPSA) is 114 Å². The van der Waals surface area contributed by atoms with Gasteiger partial charge in [-0.1, -0.05) is 0 Å². The second-order valence-corrected chi connectivity index (χ2v) is 4.49. The molecule has 0 bridgehead atoms. The van der Waals surface area contributed by atoms with E-state index in [2.05, 4.69) is 0 Å². The van der Waals surface area contributed by atoms with Crippen molar-refractivity contribution in [3.05, 3.63) is 33.9 Å². The van der Waals surface area contributed by atoms with E-state index in [1.165, 1.54) is 18.2 Å². The van der Waals surface area contributed by atoms with Crippen molar-refractivity contribution in [2.75, 3.05) is 18.0 Å². The Labute approximate surface area is 109 Å². The molecule has 96 valence electrons. The zero-order valence-corrected chi connectivity index (χ0v) is 9.91. The fourth-order valence-corrected chi connectivity index (χ4v) is 2.10. The van der Waals surface area contributed by atoms with E-state index in [9.17, 15) is 15.2 Å². The summed E-state index contributed by atoms with van der Waals surface area (Å²) >= 11 is 0. The average molecular weight is 258 g/mol. The van der Waals surface area contributed by atoms with Crippen LogP contribution in [0.3, 0.4) is 0 Å². The lowest BCUT2D eigenvalue weighted by molar-refractivity contribution is -0.384. The van der Waals surface area contributed by atoms with E-state index in [1.54, 1.807) is 4.90 Å². The summed E-state index contributed by atoms with van der Waals surface area (Å²) in [6.07, 6.45) is -0.00637. The first kappa shape index (κ1) is 12.8. The molecule has 1 aromatic carbocycles. The second kappa shape index (κ2) is 4.56. The van der Waals surface area contributed by atoms with Gasteiger partial charge in [0, 0.05) is 19.2 Å². The summed E-state index contributed by atoms with van der Waals surface area (Å²) in [5.74, 6) is 0. The first-order chi connectivity index (χ1) is 8.99. The summed E-state index contributed by atoms with van der Waals surface area (Å²) in [4.78, 5) is 12.0. The van der Waals surface area contributed by atoms with Gasteiger partial charge in [-0.15, -0.1) is 0 Å². The molecule has 1 heterocycles. The molecule has 0 spiro atoms. The highest BCUT2D eigenvalue weighted by Gasteiger charge is 2.43. The van der Waals surface area contributed by atoms with Crippen molar-refractivity contribution in [2.24, 2.45) is 0 Å². The van der Waals surface area contributed by atoms with Crippen LogP contribution in [0.4, 0.5) is 11.4 Å². The summed E-state index contributed by atoms with van der Waals surface area (Å²) in [6, 6.07) is 7.91. The molecule has 2 rings (SSSR count). The molecule has 1 fully saturated rings. The molecular weight excluding hydrogens is 248 g/mol. The van der Waals surface area contributed by atoms with Crippen LogP contribution in [0.15, 0.2) is 18.2 Å². The predicted octanol–water partition coefficient (Wildman–Crippen LogP) is 0.931. The summed E-state index contributed by atoms with van der Waals surface area (Å²) in [7, 11) is 0. The Morgan fingerprint density at radius 2 is 2.16 bits per heavy atom. The Balaban J connectivity index is 2.26. The number of nitro groups is 1. The van der Waals surface area contributed by atoms with Crippen LogP contribution in [0, 0.1) is 32.8 Å². The summed E-state index contributed by atoms with van der Waals surface area (Å²) in [5, 5.41) is 38.2. The third-order valence-corrected chi connectivity index (χ3v) is 3.02. The lowest BCUT2D eigenvalue weighted by atomic mass is 9.90. The number of hydrogen-bond acceptors (Lipinski definition) is 6. The van der Waals surface area contributed by atoms with Crippen molar-refractivity contribution in [3.8, 4) is 12.1 Å². The molecule has 19 heavy (non-hydrogen) atoms. The second-order valence-electron chi connectivity index (χ2n) is 4.49. The van der Waals surface area contributed by atoms with Crippen molar-refractivity contribution < 1.29 is 10.0 Å². The highest BCUT2D eigenvalue weighted by atomic mass is 16.6. The monoisotopic (exact) mass is 258 g/mol. The van der Waals surface area contributed by atoms with Crippen LogP contribution in [0.1, 0.15) is 12.0 Å². The zero-order chi connectivity index (χ0) is 14.0. The standard InChI is InChI=1S/C12H10N4O3/c13-4-3-12(17)7-15(8-12)10-2-1-9(6-14)5-11(10)16(18)19/h1-2,5,17H,3,7-8H2. The maximum atomic E-state index is 11.0. The summed E-state index contributed by atoms with van der Waals surface area (Å²) < 4.78 is 0. The minimum atomic E-state index is -1.10. The Morgan fingerprint density at radius 3 is 2.68 bits per heavy atom. The number of hydrogen-bond donors (Lipinski definition) is 1. The zero-order valence-electron chi connectivity index (χ0n) is 9.91. The number of anilines is 1. The number of β-amino-alcohol motifs (C(OH)–C–C–N with tert-alkyl or cyclic N) is 1. The van der Waals surface area contributed by atoms with Crippen LogP contribution < -0.4 is 4.90 Å². The lowest BCUT2D eigenvalue weighted by Gasteiger charge is -2.46. The van der Waals surface area contributed by atoms with E-state index in [1.807, 2.05) is 12.1 Å². The molecule has 0 unspecified atom stereocenters. The van der Waals surface area contributed by atoms with Crippen LogP contribution in [-0.4, -0.2) is 28.7 Å². The molecule has 1 N–H and O–H groups in total. The summed E-state index contributed by atoms with van der Waals surface area (Å²) in [6.45, 7) is 0.348. The van der Waals surface area contributed by atoms with E-state index in [-0.39, 0.29) is 30.8 Å². The summed E-state index contributed by atoms with van der Waals surface area (Å²) in [5.41, 5.74) is -0.704. The van der Waals surface area contributed by atoms with Crippen LogP contribution in [-0.2, 0) is 0 Å². The fraction of sp³-hybridized carbons (Fsp3) is 0.333. The van der Waals surface area contributed by atoms with E-state index in [4.69, 9.17) is 10.5 Å². The number of benzene rings is 1. The fourth-order valence-electron chi connectivity index (χ4n) is 2.10. The van der Waals surface area contributed by atoms with Crippen molar-refractivity contribution in [2.45, 2.75) is 12.0 Å². The molecule has 0 radical (unpaired) electrons. The molecule has 1 aromatic rings. The molecule has 0 aromatic heterocycles. The van der Waals surface area contributed by atoms with Gasteiger partial charge in [0.25, 0.3) is 5.69 Å². The Hall–Kier alpha value is -2.64. The van der Waals surface area contributed by atoms with Gasteiger partial charge in [-0.2, -0.15) is 10.5 Å². The maximum Gasteiger partial charge on any atom is 0.293 e. The predicted molar refractivity (Wildman–Crippen MR) is 65.2 cm³/mol. The van der Waals surface area contributed by atoms with Crippen molar-refractivity contribution in [1.29, 1.82) is 10.5 Å². The van der Waals surface area contributed by atoms with Gasteiger partial charge in [-0.05, 0) is 12.1 Å². The molecule has 0 atom stereocenters. The number of nitrogens with zero attached hydrogens (tertiary/aromatic N) is 4. The maximum absolute atomic E-state index is 11.0. The highest BCUT2D eigenvalue weighted by Crippen LogP contribution is 2.36. The number of rotatable bonds is 3. The molecule has 0 saturated carbocycles. The van der Waals surface area contributed by atoms with E-state index < -0.39 is 10.5 Å². The molecule has 7 nitrogen and oxygen atoms in total. The molecule has 1 aliphatic rings. The van der Waals surface area contributed by atoms with Crippen molar-refractivity contribution >= 4 is 11.4 Å². The minimum absolute atomic E-state index is 0.00637. The first-order valence-corrected chi connectivity index (χ1v) is 5.52. The van der Waals surface area contributed by atoms with Gasteiger partial charge in [0.15, 0.2) is 0 Å². The molecule has 1 aliphatic heterocycles.